The zero-order valence-electron chi connectivity index (χ0n) is 8.08. The van der Waals surface area contributed by atoms with Crippen LogP contribution in [0, 0.1) is 16.7 Å². The molecule has 1 fully saturated rings. The Hall–Kier alpha value is 0.730. The fraction of sp³-hybridized carbons (Fsp3) is 1.00. The highest BCUT2D eigenvalue weighted by atomic mass is 127. The van der Waals surface area contributed by atoms with Gasteiger partial charge in [0.2, 0.25) is 0 Å². The lowest BCUT2D eigenvalue weighted by molar-refractivity contribution is 0.119. The lowest BCUT2D eigenvalue weighted by Crippen LogP contribution is -2.32. The van der Waals surface area contributed by atoms with Crippen LogP contribution in [-0.4, -0.2) is 4.43 Å². The first-order chi connectivity index (χ1) is 4.92. The molecule has 0 spiro atoms. The van der Waals surface area contributed by atoms with Crippen LogP contribution in [-0.2, 0) is 0 Å². The molecule has 0 N–H and O–H groups in total. The molecule has 0 aliphatic heterocycles. The van der Waals surface area contributed by atoms with E-state index in [-0.39, 0.29) is 0 Å². The maximum atomic E-state index is 2.53. The lowest BCUT2D eigenvalue weighted by Gasteiger charge is -2.38. The average molecular weight is 266 g/mol. The van der Waals surface area contributed by atoms with E-state index < -0.39 is 0 Å². The average Bonchev–Trinajstić information content (AvgIpc) is 2.05. The van der Waals surface area contributed by atoms with Gasteiger partial charge >= 0.3 is 0 Å². The predicted octanol–water partition coefficient (Wildman–Crippen LogP) is 3.88. The SMILES string of the molecule is CC1(C)CCC(CI)C1(C)C. The normalized spacial score (nSPS) is 34.1. The molecule has 0 amide bonds. The molecule has 0 aromatic rings. The molecular weight excluding hydrogens is 247 g/mol. The van der Waals surface area contributed by atoms with Gasteiger partial charge in [-0.2, -0.15) is 0 Å². The molecule has 1 saturated carbocycles. The molecule has 1 unspecified atom stereocenters. The molecule has 0 aromatic heterocycles. The zero-order valence-corrected chi connectivity index (χ0v) is 10.2. The molecular formula is C10H19I. The first-order valence-corrected chi connectivity index (χ1v) is 6.00. The van der Waals surface area contributed by atoms with Crippen LogP contribution in [0.15, 0.2) is 0 Å². The van der Waals surface area contributed by atoms with Crippen LogP contribution in [0.25, 0.3) is 0 Å². The molecule has 1 aliphatic carbocycles. The van der Waals surface area contributed by atoms with E-state index in [9.17, 15) is 0 Å². The summed E-state index contributed by atoms with van der Waals surface area (Å²) < 4.78 is 1.33. The van der Waals surface area contributed by atoms with Crippen molar-refractivity contribution in [2.24, 2.45) is 16.7 Å². The van der Waals surface area contributed by atoms with E-state index in [0.717, 1.165) is 5.92 Å². The van der Waals surface area contributed by atoms with Crippen molar-refractivity contribution in [3.05, 3.63) is 0 Å². The van der Waals surface area contributed by atoms with Crippen molar-refractivity contribution in [1.82, 2.24) is 0 Å². The highest BCUT2D eigenvalue weighted by molar-refractivity contribution is 14.1. The van der Waals surface area contributed by atoms with Gasteiger partial charge in [-0.05, 0) is 29.6 Å². The van der Waals surface area contributed by atoms with Crippen molar-refractivity contribution in [2.75, 3.05) is 4.43 Å². The minimum absolute atomic E-state index is 0.550. The first-order valence-electron chi connectivity index (χ1n) is 4.48. The van der Waals surface area contributed by atoms with Gasteiger partial charge in [0.05, 0.1) is 0 Å². The third-order valence-electron chi connectivity index (χ3n) is 4.07. The molecule has 0 aromatic carbocycles. The minimum atomic E-state index is 0.550. The molecule has 1 rings (SSSR count). The fourth-order valence-electron chi connectivity index (χ4n) is 2.04. The monoisotopic (exact) mass is 266 g/mol. The lowest BCUT2D eigenvalue weighted by atomic mass is 9.67. The van der Waals surface area contributed by atoms with E-state index in [1.54, 1.807) is 0 Å². The van der Waals surface area contributed by atoms with Gasteiger partial charge in [0, 0.05) is 4.43 Å². The van der Waals surface area contributed by atoms with Crippen molar-refractivity contribution < 1.29 is 0 Å². The summed E-state index contributed by atoms with van der Waals surface area (Å²) in [6, 6.07) is 0. The topological polar surface area (TPSA) is 0 Å². The third-order valence-corrected chi connectivity index (χ3v) is 5.13. The van der Waals surface area contributed by atoms with Crippen molar-refractivity contribution >= 4 is 22.6 Å². The van der Waals surface area contributed by atoms with E-state index in [2.05, 4.69) is 50.3 Å². The maximum absolute atomic E-state index is 2.53. The van der Waals surface area contributed by atoms with E-state index in [4.69, 9.17) is 0 Å². The molecule has 0 heterocycles. The van der Waals surface area contributed by atoms with Gasteiger partial charge in [-0.25, -0.2) is 0 Å². The Labute approximate surface area is 84.3 Å². The number of hydrogen-bond donors (Lipinski definition) is 0. The van der Waals surface area contributed by atoms with Crippen molar-refractivity contribution in [3.63, 3.8) is 0 Å². The van der Waals surface area contributed by atoms with E-state index in [1.807, 2.05) is 0 Å². The summed E-state index contributed by atoms with van der Waals surface area (Å²) in [7, 11) is 0. The third kappa shape index (κ3) is 1.45. The van der Waals surface area contributed by atoms with Crippen molar-refractivity contribution in [1.29, 1.82) is 0 Å². The second kappa shape index (κ2) is 2.90. The van der Waals surface area contributed by atoms with Crippen LogP contribution in [0.1, 0.15) is 40.5 Å². The van der Waals surface area contributed by atoms with Gasteiger partial charge in [-0.15, -0.1) is 0 Å². The first kappa shape index (κ1) is 9.82. The summed E-state index contributed by atoms with van der Waals surface area (Å²) >= 11 is 2.53. The van der Waals surface area contributed by atoms with Gasteiger partial charge in [0.25, 0.3) is 0 Å². The Morgan fingerprint density at radius 3 is 2.00 bits per heavy atom. The summed E-state index contributed by atoms with van der Waals surface area (Å²) in [5.74, 6) is 0.943. The van der Waals surface area contributed by atoms with E-state index >= 15 is 0 Å². The van der Waals surface area contributed by atoms with Crippen molar-refractivity contribution in [2.45, 2.75) is 40.5 Å². The molecule has 1 atom stereocenters. The number of alkyl halides is 1. The van der Waals surface area contributed by atoms with E-state index in [1.165, 1.54) is 17.3 Å². The quantitative estimate of drug-likeness (QED) is 0.499. The molecule has 11 heavy (non-hydrogen) atoms. The van der Waals surface area contributed by atoms with Crippen LogP contribution in [0.5, 0.6) is 0 Å². The van der Waals surface area contributed by atoms with Gasteiger partial charge in [0.1, 0.15) is 0 Å². The van der Waals surface area contributed by atoms with Crippen LogP contribution < -0.4 is 0 Å². The Bertz CT molecular complexity index is 147. The minimum Gasteiger partial charge on any atom is -0.0861 e. The Morgan fingerprint density at radius 1 is 1.27 bits per heavy atom. The molecule has 66 valence electrons. The van der Waals surface area contributed by atoms with Gasteiger partial charge in [0.15, 0.2) is 0 Å². The second-order valence-electron chi connectivity index (χ2n) is 5.00. The summed E-state index contributed by atoms with van der Waals surface area (Å²) in [4.78, 5) is 0. The van der Waals surface area contributed by atoms with Crippen molar-refractivity contribution in [3.8, 4) is 0 Å². The highest BCUT2D eigenvalue weighted by Gasteiger charge is 2.47. The summed E-state index contributed by atoms with van der Waals surface area (Å²) in [6.07, 6.45) is 2.84. The highest BCUT2D eigenvalue weighted by Crippen LogP contribution is 2.55. The Balaban J connectivity index is 2.81. The Kier molecular flexibility index (Phi) is 2.58. The molecule has 0 bridgehead atoms. The smallest absolute Gasteiger partial charge is 0.00290 e. The number of halogens is 1. The maximum Gasteiger partial charge on any atom is 0.00290 e. The predicted molar refractivity (Wildman–Crippen MR) is 59.2 cm³/mol. The van der Waals surface area contributed by atoms with Gasteiger partial charge < -0.3 is 0 Å². The molecule has 0 saturated heterocycles. The largest absolute Gasteiger partial charge is 0.0861 e. The summed E-state index contributed by atoms with van der Waals surface area (Å²) in [6.45, 7) is 9.70. The molecule has 0 nitrogen and oxygen atoms in total. The summed E-state index contributed by atoms with van der Waals surface area (Å²) in [5.41, 5.74) is 1.11. The number of rotatable bonds is 1. The van der Waals surface area contributed by atoms with Crippen LogP contribution in [0.2, 0.25) is 0 Å². The number of hydrogen-bond acceptors (Lipinski definition) is 0. The fourth-order valence-corrected chi connectivity index (χ4v) is 3.58. The zero-order chi connectivity index (χ0) is 8.70. The van der Waals surface area contributed by atoms with Crippen LogP contribution >= 0.6 is 22.6 Å². The summed E-state index contributed by atoms with van der Waals surface area (Å²) in [5, 5.41) is 0. The molecule has 0 radical (unpaired) electrons. The van der Waals surface area contributed by atoms with Gasteiger partial charge in [-0.1, -0.05) is 50.3 Å². The van der Waals surface area contributed by atoms with Gasteiger partial charge in [-0.3, -0.25) is 0 Å². The molecule has 1 aliphatic rings. The second-order valence-corrected chi connectivity index (χ2v) is 5.88. The van der Waals surface area contributed by atoms with Crippen LogP contribution in [0.4, 0.5) is 0 Å². The Morgan fingerprint density at radius 2 is 1.82 bits per heavy atom. The molecule has 1 heteroatoms. The standard InChI is InChI=1S/C10H19I/c1-9(2)6-5-8(7-11)10(9,3)4/h8H,5-7H2,1-4H3. The van der Waals surface area contributed by atoms with E-state index in [0.29, 0.717) is 10.8 Å². The van der Waals surface area contributed by atoms with Crippen LogP contribution in [0.3, 0.4) is 0 Å².